The van der Waals surface area contributed by atoms with E-state index in [9.17, 15) is 9.59 Å². The molecular formula is C16H22BN2O2. The van der Waals surface area contributed by atoms with Crippen LogP contribution in [0.1, 0.15) is 37.3 Å². The van der Waals surface area contributed by atoms with E-state index in [-0.39, 0.29) is 11.9 Å². The average Bonchev–Trinajstić information content (AvgIpc) is 2.40. The second-order valence-electron chi connectivity index (χ2n) is 5.82. The Hall–Kier alpha value is -1.62. The molecule has 4 nitrogen and oxygen atoms in total. The molecule has 21 heavy (non-hydrogen) atoms. The minimum absolute atomic E-state index is 0.0273. The maximum absolute atomic E-state index is 11.0. The van der Waals surface area contributed by atoms with Crippen molar-refractivity contribution in [1.29, 1.82) is 0 Å². The largest absolute Gasteiger partial charge is 0.354 e. The number of nitrogens with one attached hydrogen (secondary N) is 1. The third kappa shape index (κ3) is 4.71. The number of hydrogen-bond donors (Lipinski definition) is 1. The van der Waals surface area contributed by atoms with Crippen molar-refractivity contribution in [3.63, 3.8) is 0 Å². The molecule has 1 aromatic carbocycles. The van der Waals surface area contributed by atoms with E-state index in [0.29, 0.717) is 5.92 Å². The summed E-state index contributed by atoms with van der Waals surface area (Å²) in [4.78, 5) is 23.4. The fraction of sp³-hybridized carbons (Fsp3) is 0.500. The first kappa shape index (κ1) is 15.8. The smallest absolute Gasteiger partial charge is 0.293 e. The first-order valence-electron chi connectivity index (χ1n) is 7.47. The van der Waals surface area contributed by atoms with Gasteiger partial charge in [0.05, 0.1) is 6.19 Å². The predicted octanol–water partition coefficient (Wildman–Crippen LogP) is 1.35. The Morgan fingerprint density at radius 2 is 2.10 bits per heavy atom. The summed E-state index contributed by atoms with van der Waals surface area (Å²) in [6.07, 6.45) is 2.76. The second kappa shape index (κ2) is 7.41. The van der Waals surface area contributed by atoms with Gasteiger partial charge in [0.2, 0.25) is 5.91 Å². The van der Waals surface area contributed by atoms with Crippen LogP contribution in [0, 0.1) is 0 Å². The Bertz CT molecular complexity index is 484. The molecule has 1 aliphatic heterocycles. The number of aryl methyl sites for hydroxylation is 1. The third-order valence-electron chi connectivity index (χ3n) is 3.95. The minimum Gasteiger partial charge on any atom is -0.354 e. The van der Waals surface area contributed by atoms with E-state index < -0.39 is 0 Å². The maximum atomic E-state index is 11.0. The van der Waals surface area contributed by atoms with Crippen LogP contribution < -0.4 is 5.32 Å². The van der Waals surface area contributed by atoms with Gasteiger partial charge < -0.3 is 14.9 Å². The number of nitrogens with zero attached hydrogens (tertiary/aromatic N) is 1. The van der Waals surface area contributed by atoms with Crippen molar-refractivity contribution in [3.05, 3.63) is 35.4 Å². The van der Waals surface area contributed by atoms with Crippen LogP contribution in [-0.2, 0) is 16.0 Å². The Morgan fingerprint density at radius 1 is 1.43 bits per heavy atom. The zero-order valence-corrected chi connectivity index (χ0v) is 12.7. The van der Waals surface area contributed by atoms with E-state index in [1.165, 1.54) is 11.1 Å². The zero-order valence-electron chi connectivity index (χ0n) is 12.7. The van der Waals surface area contributed by atoms with E-state index >= 15 is 0 Å². The highest BCUT2D eigenvalue weighted by Crippen LogP contribution is 2.26. The van der Waals surface area contributed by atoms with E-state index in [1.54, 1.807) is 14.3 Å². The molecule has 1 N–H and O–H groups in total. The first-order valence-corrected chi connectivity index (χ1v) is 7.47. The molecule has 1 heterocycles. The molecule has 1 aliphatic rings. The van der Waals surface area contributed by atoms with Crippen LogP contribution >= 0.6 is 0 Å². The average molecular weight is 285 g/mol. The molecule has 5 heteroatoms. The summed E-state index contributed by atoms with van der Waals surface area (Å²) in [7, 11) is 1.61. The lowest BCUT2D eigenvalue weighted by Crippen LogP contribution is -2.47. The Kier molecular flexibility index (Phi) is 5.56. The number of carbonyl (C=O) groups excluding carboxylic acids is 2. The van der Waals surface area contributed by atoms with Crippen molar-refractivity contribution in [2.24, 2.45) is 0 Å². The van der Waals surface area contributed by atoms with Gasteiger partial charge in [0, 0.05) is 18.9 Å². The summed E-state index contributed by atoms with van der Waals surface area (Å²) >= 11 is 0. The molecule has 1 amide bonds. The zero-order chi connectivity index (χ0) is 15.2. The summed E-state index contributed by atoms with van der Waals surface area (Å²) in [5, 5.41) is 2.90. The molecule has 1 unspecified atom stereocenters. The molecule has 1 saturated heterocycles. The van der Waals surface area contributed by atoms with E-state index in [0.717, 1.165) is 32.1 Å². The summed E-state index contributed by atoms with van der Waals surface area (Å²) in [6, 6.07) is 8.91. The molecule has 1 atom stereocenters. The maximum Gasteiger partial charge on any atom is 0.293 e. The molecule has 0 spiro atoms. The van der Waals surface area contributed by atoms with E-state index in [1.807, 2.05) is 11.7 Å². The van der Waals surface area contributed by atoms with Gasteiger partial charge in [0.25, 0.3) is 7.41 Å². The number of rotatable bonds is 7. The summed E-state index contributed by atoms with van der Waals surface area (Å²) in [5.74, 6) is 0.563. The Labute approximate surface area is 127 Å². The first-order chi connectivity index (χ1) is 10.1. The molecule has 0 aliphatic carbocycles. The molecule has 0 aromatic heterocycles. The topological polar surface area (TPSA) is 49.4 Å². The number of hydrogen-bond acceptors (Lipinski definition) is 3. The molecule has 0 bridgehead atoms. The summed E-state index contributed by atoms with van der Waals surface area (Å²) in [5.41, 5.74) is 2.63. The van der Waals surface area contributed by atoms with Gasteiger partial charge in [0.15, 0.2) is 0 Å². The van der Waals surface area contributed by atoms with Gasteiger partial charge in [-0.2, -0.15) is 0 Å². The SMILES string of the molecule is CC(=O)NC(C)CCc1ccc(C2CN([B]C=O)C2)cc1. The number of amides is 1. The van der Waals surface area contributed by atoms with Gasteiger partial charge >= 0.3 is 0 Å². The van der Waals surface area contributed by atoms with Gasteiger partial charge in [-0.15, -0.1) is 0 Å². The van der Waals surface area contributed by atoms with Crippen LogP contribution in [0.2, 0.25) is 0 Å². The van der Waals surface area contributed by atoms with Crippen molar-refractivity contribution < 1.29 is 9.59 Å². The quantitative estimate of drug-likeness (QED) is 0.608. The van der Waals surface area contributed by atoms with Crippen LogP contribution in [0.15, 0.2) is 24.3 Å². The fourth-order valence-corrected chi connectivity index (χ4v) is 2.69. The molecule has 0 saturated carbocycles. The second-order valence-corrected chi connectivity index (χ2v) is 5.82. The van der Waals surface area contributed by atoms with Crippen LogP contribution in [-0.4, -0.2) is 43.4 Å². The normalized spacial score (nSPS) is 16.9. The standard InChI is InChI=1S/C16H22BN2O2/c1-12(18-13(2)21)3-4-14-5-7-15(8-6-14)16-9-19(10-16)17-11-20/h5-8,11-12,16H,3-4,9-10H2,1-2H3,(H,18,21). The van der Waals surface area contributed by atoms with Crippen LogP contribution in [0.25, 0.3) is 0 Å². The van der Waals surface area contributed by atoms with Crippen molar-refractivity contribution in [2.75, 3.05) is 13.1 Å². The Balaban J connectivity index is 1.77. The molecule has 1 aromatic rings. The van der Waals surface area contributed by atoms with Gasteiger partial charge in [-0.25, -0.2) is 0 Å². The van der Waals surface area contributed by atoms with Gasteiger partial charge in [-0.05, 0) is 44.0 Å². The van der Waals surface area contributed by atoms with E-state index in [4.69, 9.17) is 0 Å². The lowest BCUT2D eigenvalue weighted by atomic mass is 9.81. The molecule has 111 valence electrons. The molecule has 1 fully saturated rings. The summed E-state index contributed by atoms with van der Waals surface area (Å²) in [6.45, 7) is 5.44. The van der Waals surface area contributed by atoms with Crippen molar-refractivity contribution >= 4 is 19.5 Å². The fourth-order valence-electron chi connectivity index (χ4n) is 2.69. The highest BCUT2D eigenvalue weighted by Gasteiger charge is 2.27. The highest BCUT2D eigenvalue weighted by molar-refractivity contribution is 6.64. The van der Waals surface area contributed by atoms with Gasteiger partial charge in [0.1, 0.15) is 0 Å². The highest BCUT2D eigenvalue weighted by atomic mass is 16.1. The van der Waals surface area contributed by atoms with Crippen LogP contribution in [0.5, 0.6) is 0 Å². The summed E-state index contributed by atoms with van der Waals surface area (Å²) < 4.78 is 0. The van der Waals surface area contributed by atoms with E-state index in [2.05, 4.69) is 29.6 Å². The van der Waals surface area contributed by atoms with Gasteiger partial charge in [-0.1, -0.05) is 24.3 Å². The van der Waals surface area contributed by atoms with Crippen molar-refractivity contribution in [3.8, 4) is 0 Å². The molecule has 2 rings (SSSR count). The molecule has 1 radical (unpaired) electrons. The van der Waals surface area contributed by atoms with Crippen LogP contribution in [0.3, 0.4) is 0 Å². The molecular weight excluding hydrogens is 263 g/mol. The van der Waals surface area contributed by atoms with Crippen molar-refractivity contribution in [2.45, 2.75) is 38.6 Å². The lowest BCUT2D eigenvalue weighted by molar-refractivity contribution is -0.119. The number of benzene rings is 1. The third-order valence-corrected chi connectivity index (χ3v) is 3.95. The lowest BCUT2D eigenvalue weighted by Gasteiger charge is -2.38. The minimum atomic E-state index is 0.0273. The predicted molar refractivity (Wildman–Crippen MR) is 84.9 cm³/mol. The van der Waals surface area contributed by atoms with Crippen molar-refractivity contribution in [1.82, 2.24) is 10.1 Å². The van der Waals surface area contributed by atoms with Crippen LogP contribution in [0.4, 0.5) is 0 Å². The number of carbonyl (C=O) groups is 2. The van der Waals surface area contributed by atoms with Gasteiger partial charge in [-0.3, -0.25) is 4.79 Å². The monoisotopic (exact) mass is 285 g/mol. The Morgan fingerprint density at radius 3 is 2.67 bits per heavy atom.